The Balaban J connectivity index is 1.64. The lowest BCUT2D eigenvalue weighted by Crippen LogP contribution is -2.13. The van der Waals surface area contributed by atoms with Gasteiger partial charge in [-0.1, -0.05) is 30.3 Å². The van der Waals surface area contributed by atoms with Crippen LogP contribution in [0, 0.1) is 0 Å². The van der Waals surface area contributed by atoms with Crippen molar-refractivity contribution < 1.29 is 14.6 Å². The van der Waals surface area contributed by atoms with E-state index in [1.807, 2.05) is 53.2 Å². The molecule has 6 nitrogen and oxygen atoms in total. The molecular weight excluding hydrogens is 306 g/mol. The van der Waals surface area contributed by atoms with Gasteiger partial charge in [-0.05, 0) is 30.2 Å². The minimum absolute atomic E-state index is 0.116. The maximum Gasteiger partial charge on any atom is 0.411 e. The van der Waals surface area contributed by atoms with Crippen LogP contribution in [-0.4, -0.2) is 27.6 Å². The fourth-order valence-electron chi connectivity index (χ4n) is 2.42. The second kappa shape index (κ2) is 7.61. The summed E-state index contributed by atoms with van der Waals surface area (Å²) < 4.78 is 7.03. The molecule has 2 N–H and O–H groups in total. The number of anilines is 1. The Labute approximate surface area is 139 Å². The molecule has 0 aliphatic carbocycles. The van der Waals surface area contributed by atoms with Gasteiger partial charge in [0.1, 0.15) is 6.61 Å². The van der Waals surface area contributed by atoms with Crippen LogP contribution in [0.5, 0.6) is 0 Å². The van der Waals surface area contributed by atoms with E-state index in [1.165, 1.54) is 0 Å². The zero-order valence-corrected chi connectivity index (χ0v) is 13.2. The van der Waals surface area contributed by atoms with E-state index in [1.54, 1.807) is 6.20 Å². The molecule has 0 spiro atoms. The number of aryl methyl sites for hydroxylation is 1. The number of hydrogen-bond donors (Lipinski definition) is 2. The molecule has 2 aromatic carbocycles. The van der Waals surface area contributed by atoms with Crippen LogP contribution in [0.4, 0.5) is 10.5 Å². The van der Waals surface area contributed by atoms with Crippen LogP contribution in [0.2, 0.25) is 0 Å². The predicted octanol–water partition coefficient (Wildman–Crippen LogP) is 3.17. The lowest BCUT2D eigenvalue weighted by atomic mass is 10.2. The van der Waals surface area contributed by atoms with Crippen LogP contribution in [0.3, 0.4) is 0 Å². The van der Waals surface area contributed by atoms with Gasteiger partial charge in [0.25, 0.3) is 0 Å². The highest BCUT2D eigenvalue weighted by atomic mass is 16.5. The van der Waals surface area contributed by atoms with Crippen molar-refractivity contribution in [2.75, 3.05) is 11.9 Å². The number of carbonyl (C=O) groups excluding carboxylic acids is 1. The molecule has 0 aliphatic rings. The van der Waals surface area contributed by atoms with Crippen molar-refractivity contribution in [3.8, 4) is 0 Å². The summed E-state index contributed by atoms with van der Waals surface area (Å²) in [5.74, 6) is 0. The first-order valence-corrected chi connectivity index (χ1v) is 7.80. The summed E-state index contributed by atoms with van der Waals surface area (Å²) in [6, 6.07) is 15.1. The van der Waals surface area contributed by atoms with Gasteiger partial charge in [0, 0.05) is 24.2 Å². The van der Waals surface area contributed by atoms with Crippen LogP contribution in [0.15, 0.2) is 54.7 Å². The lowest BCUT2D eigenvalue weighted by Gasteiger charge is -2.08. The summed E-state index contributed by atoms with van der Waals surface area (Å²) in [5, 5.41) is 16.9. The van der Waals surface area contributed by atoms with E-state index in [9.17, 15) is 4.79 Å². The molecule has 3 rings (SSSR count). The minimum atomic E-state index is -0.500. The molecule has 0 bridgehead atoms. The van der Waals surface area contributed by atoms with Gasteiger partial charge in [0.15, 0.2) is 0 Å². The number of carbonyl (C=O) groups is 1. The lowest BCUT2D eigenvalue weighted by molar-refractivity contribution is 0.155. The van der Waals surface area contributed by atoms with Crippen LogP contribution in [0.1, 0.15) is 12.0 Å². The summed E-state index contributed by atoms with van der Waals surface area (Å²) in [4.78, 5) is 11.9. The third-order valence-corrected chi connectivity index (χ3v) is 3.63. The monoisotopic (exact) mass is 325 g/mol. The number of aliphatic hydroxyl groups is 1. The molecular formula is C18H19N3O3. The molecule has 0 saturated heterocycles. The van der Waals surface area contributed by atoms with Gasteiger partial charge in [-0.3, -0.25) is 10.00 Å². The molecule has 0 radical (unpaired) electrons. The molecule has 1 heterocycles. The topological polar surface area (TPSA) is 76.4 Å². The molecule has 1 amide bonds. The number of nitrogens with zero attached hydrogens (tertiary/aromatic N) is 2. The normalized spacial score (nSPS) is 10.7. The number of fused-ring (bicyclic) bond motifs is 1. The Kier molecular flexibility index (Phi) is 5.08. The SMILES string of the molecule is O=C(Nc1ccc2cnn(CCCO)c2c1)OCc1ccccc1. The van der Waals surface area contributed by atoms with E-state index in [0.29, 0.717) is 18.7 Å². The van der Waals surface area contributed by atoms with Gasteiger partial charge < -0.3 is 9.84 Å². The largest absolute Gasteiger partial charge is 0.444 e. The van der Waals surface area contributed by atoms with Crippen molar-refractivity contribution in [1.29, 1.82) is 0 Å². The van der Waals surface area contributed by atoms with Crippen LogP contribution in [0.25, 0.3) is 10.9 Å². The van der Waals surface area contributed by atoms with Crippen LogP contribution >= 0.6 is 0 Å². The summed E-state index contributed by atoms with van der Waals surface area (Å²) in [6.45, 7) is 0.969. The van der Waals surface area contributed by atoms with Gasteiger partial charge in [0.05, 0.1) is 11.7 Å². The van der Waals surface area contributed by atoms with Gasteiger partial charge in [-0.2, -0.15) is 5.10 Å². The molecule has 6 heteroatoms. The fourth-order valence-corrected chi connectivity index (χ4v) is 2.42. The Morgan fingerprint density at radius 2 is 2.04 bits per heavy atom. The van der Waals surface area contributed by atoms with E-state index in [2.05, 4.69) is 10.4 Å². The smallest absolute Gasteiger partial charge is 0.411 e. The highest BCUT2D eigenvalue weighted by molar-refractivity contribution is 5.89. The molecule has 0 fully saturated rings. The highest BCUT2D eigenvalue weighted by Gasteiger charge is 2.07. The second-order valence-electron chi connectivity index (χ2n) is 5.41. The third kappa shape index (κ3) is 3.91. The highest BCUT2D eigenvalue weighted by Crippen LogP contribution is 2.19. The van der Waals surface area contributed by atoms with E-state index in [-0.39, 0.29) is 13.2 Å². The number of nitrogens with one attached hydrogen (secondary N) is 1. The number of amides is 1. The molecule has 124 valence electrons. The number of aromatic nitrogens is 2. The molecule has 3 aromatic rings. The van der Waals surface area contributed by atoms with Crippen molar-refractivity contribution in [2.24, 2.45) is 0 Å². The molecule has 0 saturated carbocycles. The Morgan fingerprint density at radius 3 is 2.83 bits per heavy atom. The van der Waals surface area contributed by atoms with Gasteiger partial charge >= 0.3 is 6.09 Å². The van der Waals surface area contributed by atoms with Crippen molar-refractivity contribution in [3.05, 3.63) is 60.3 Å². The number of ether oxygens (including phenoxy) is 1. The Bertz CT molecular complexity index is 815. The summed E-state index contributed by atoms with van der Waals surface area (Å²) in [6.07, 6.45) is 1.90. The zero-order chi connectivity index (χ0) is 16.8. The standard InChI is InChI=1S/C18H19N3O3/c22-10-4-9-21-17-11-16(8-7-15(17)12-19-21)20-18(23)24-13-14-5-2-1-3-6-14/h1-3,5-8,11-12,22H,4,9-10,13H2,(H,20,23). The first-order valence-electron chi connectivity index (χ1n) is 7.80. The van der Waals surface area contributed by atoms with Crippen molar-refractivity contribution in [3.63, 3.8) is 0 Å². The van der Waals surface area contributed by atoms with Crippen LogP contribution < -0.4 is 5.32 Å². The number of aliphatic hydroxyl groups excluding tert-OH is 1. The van der Waals surface area contributed by atoms with E-state index < -0.39 is 6.09 Å². The summed E-state index contributed by atoms with van der Waals surface area (Å²) >= 11 is 0. The van der Waals surface area contributed by atoms with E-state index in [0.717, 1.165) is 16.5 Å². The van der Waals surface area contributed by atoms with Gasteiger partial charge in [-0.15, -0.1) is 0 Å². The zero-order valence-electron chi connectivity index (χ0n) is 13.2. The van der Waals surface area contributed by atoms with Gasteiger partial charge in [-0.25, -0.2) is 4.79 Å². The molecule has 0 atom stereocenters. The summed E-state index contributed by atoms with van der Waals surface area (Å²) in [7, 11) is 0. The number of benzene rings is 2. The Morgan fingerprint density at radius 1 is 1.21 bits per heavy atom. The second-order valence-corrected chi connectivity index (χ2v) is 5.41. The maximum atomic E-state index is 11.9. The van der Waals surface area contributed by atoms with Crippen LogP contribution in [-0.2, 0) is 17.9 Å². The first-order chi connectivity index (χ1) is 11.8. The van der Waals surface area contributed by atoms with Gasteiger partial charge in [0.2, 0.25) is 0 Å². The minimum Gasteiger partial charge on any atom is -0.444 e. The fraction of sp³-hybridized carbons (Fsp3) is 0.222. The number of hydrogen-bond acceptors (Lipinski definition) is 4. The average molecular weight is 325 g/mol. The van der Waals surface area contributed by atoms with E-state index in [4.69, 9.17) is 9.84 Å². The number of rotatable bonds is 6. The maximum absolute atomic E-state index is 11.9. The molecule has 0 unspecified atom stereocenters. The first kappa shape index (κ1) is 16.0. The Hall–Kier alpha value is -2.86. The quantitative estimate of drug-likeness (QED) is 0.730. The molecule has 24 heavy (non-hydrogen) atoms. The third-order valence-electron chi connectivity index (χ3n) is 3.63. The average Bonchev–Trinajstić information content (AvgIpc) is 3.01. The molecule has 0 aliphatic heterocycles. The summed E-state index contributed by atoms with van der Waals surface area (Å²) in [5.41, 5.74) is 2.49. The predicted molar refractivity (Wildman–Crippen MR) is 91.7 cm³/mol. The van der Waals surface area contributed by atoms with Crippen molar-refractivity contribution in [2.45, 2.75) is 19.6 Å². The van der Waals surface area contributed by atoms with Crippen molar-refractivity contribution >= 4 is 22.7 Å². The van der Waals surface area contributed by atoms with E-state index >= 15 is 0 Å². The van der Waals surface area contributed by atoms with Crippen molar-refractivity contribution in [1.82, 2.24) is 9.78 Å². The molecule has 1 aromatic heterocycles.